The van der Waals surface area contributed by atoms with Crippen molar-refractivity contribution in [2.45, 2.75) is 25.7 Å². The molecule has 0 saturated carbocycles. The van der Waals surface area contributed by atoms with Gasteiger partial charge in [0.1, 0.15) is 0 Å². The highest BCUT2D eigenvalue weighted by atomic mass is 16.1. The zero-order valence-electron chi connectivity index (χ0n) is 11.1. The fraction of sp³-hybridized carbons (Fsp3) is 0.438. The summed E-state index contributed by atoms with van der Waals surface area (Å²) in [7, 11) is 0. The molecule has 1 heterocycles. The molecule has 1 amide bonds. The molecule has 0 saturated heterocycles. The molecule has 2 N–H and O–H groups in total. The third-order valence-corrected chi connectivity index (χ3v) is 4.01. The Morgan fingerprint density at radius 1 is 1.37 bits per heavy atom. The Bertz CT molecular complexity index is 507. The van der Waals surface area contributed by atoms with Crippen molar-refractivity contribution in [1.29, 1.82) is 0 Å². The van der Waals surface area contributed by atoms with Gasteiger partial charge in [-0.05, 0) is 49.3 Å². The second-order valence-corrected chi connectivity index (χ2v) is 5.41. The lowest BCUT2D eigenvalue weighted by Crippen LogP contribution is -2.29. The Balaban J connectivity index is 1.59. The van der Waals surface area contributed by atoms with Gasteiger partial charge in [0, 0.05) is 24.3 Å². The number of rotatable bonds is 3. The molecular weight excluding hydrogens is 236 g/mol. The molecular formula is C16H20N2O. The van der Waals surface area contributed by atoms with Crippen LogP contribution in [-0.4, -0.2) is 19.0 Å². The Hall–Kier alpha value is -1.77. The predicted octanol–water partition coefficient (Wildman–Crippen LogP) is 2.74. The van der Waals surface area contributed by atoms with Crippen molar-refractivity contribution < 1.29 is 4.79 Å². The number of carbonyl (C=O) groups is 1. The lowest BCUT2D eigenvalue weighted by molar-refractivity contribution is 0.0946. The Kier molecular flexibility index (Phi) is 3.53. The van der Waals surface area contributed by atoms with Crippen molar-refractivity contribution in [1.82, 2.24) is 5.32 Å². The van der Waals surface area contributed by atoms with Crippen molar-refractivity contribution >= 4 is 11.6 Å². The molecule has 0 aromatic heterocycles. The van der Waals surface area contributed by atoms with Gasteiger partial charge >= 0.3 is 0 Å². The largest absolute Gasteiger partial charge is 0.384 e. The molecule has 0 radical (unpaired) electrons. The Morgan fingerprint density at radius 2 is 2.32 bits per heavy atom. The van der Waals surface area contributed by atoms with Crippen LogP contribution in [0.4, 0.5) is 5.69 Å². The van der Waals surface area contributed by atoms with E-state index in [4.69, 9.17) is 0 Å². The third kappa shape index (κ3) is 2.80. The maximum atomic E-state index is 12.1. The number of hydrogen-bond donors (Lipinski definition) is 2. The van der Waals surface area contributed by atoms with Gasteiger partial charge in [0.25, 0.3) is 5.91 Å². The van der Waals surface area contributed by atoms with E-state index in [1.807, 2.05) is 12.1 Å². The summed E-state index contributed by atoms with van der Waals surface area (Å²) in [5.74, 6) is 0.646. The van der Waals surface area contributed by atoms with Crippen LogP contribution >= 0.6 is 0 Å². The lowest BCUT2D eigenvalue weighted by atomic mass is 9.94. The number of fused-ring (bicyclic) bond motifs is 1. The maximum Gasteiger partial charge on any atom is 0.251 e. The first-order valence-electron chi connectivity index (χ1n) is 7.13. The predicted molar refractivity (Wildman–Crippen MR) is 77.4 cm³/mol. The van der Waals surface area contributed by atoms with Crippen LogP contribution in [-0.2, 0) is 6.42 Å². The molecule has 0 fully saturated rings. The van der Waals surface area contributed by atoms with E-state index in [1.165, 1.54) is 12.0 Å². The van der Waals surface area contributed by atoms with Crippen molar-refractivity contribution in [3.8, 4) is 0 Å². The molecule has 1 unspecified atom stereocenters. The van der Waals surface area contributed by atoms with Crippen LogP contribution in [0.1, 0.15) is 35.2 Å². The van der Waals surface area contributed by atoms with Gasteiger partial charge in [-0.15, -0.1) is 0 Å². The Morgan fingerprint density at radius 3 is 3.16 bits per heavy atom. The quantitative estimate of drug-likeness (QED) is 0.816. The standard InChI is InChI=1S/C16H20N2O/c19-16(18-11-12-4-2-1-3-5-12)14-7-6-13-8-9-17-15(13)10-14/h1-2,6-7,10,12,17H,3-5,8-9,11H2,(H,18,19). The van der Waals surface area contributed by atoms with E-state index < -0.39 is 0 Å². The minimum atomic E-state index is 0.0473. The van der Waals surface area contributed by atoms with Crippen molar-refractivity contribution in [2.75, 3.05) is 18.4 Å². The summed E-state index contributed by atoms with van der Waals surface area (Å²) in [6.45, 7) is 1.77. The monoisotopic (exact) mass is 256 g/mol. The van der Waals surface area contributed by atoms with Gasteiger partial charge in [0.2, 0.25) is 0 Å². The van der Waals surface area contributed by atoms with Crippen LogP contribution in [0.2, 0.25) is 0 Å². The molecule has 1 atom stereocenters. The minimum Gasteiger partial charge on any atom is -0.384 e. The SMILES string of the molecule is O=C(NCC1CC=CCC1)c1ccc2c(c1)NCC2. The van der Waals surface area contributed by atoms with Crippen molar-refractivity contribution in [3.63, 3.8) is 0 Å². The summed E-state index contributed by atoms with van der Waals surface area (Å²) >= 11 is 0. The molecule has 0 bridgehead atoms. The summed E-state index contributed by atoms with van der Waals surface area (Å²) in [4.78, 5) is 12.1. The van der Waals surface area contributed by atoms with Crippen LogP contribution in [0.5, 0.6) is 0 Å². The number of amides is 1. The van der Waals surface area contributed by atoms with Crippen LogP contribution < -0.4 is 10.6 Å². The molecule has 3 nitrogen and oxygen atoms in total. The van der Waals surface area contributed by atoms with Gasteiger partial charge in [0.15, 0.2) is 0 Å². The zero-order chi connectivity index (χ0) is 13.1. The first-order valence-corrected chi connectivity index (χ1v) is 7.13. The van der Waals surface area contributed by atoms with Gasteiger partial charge in [-0.25, -0.2) is 0 Å². The molecule has 1 aromatic carbocycles. The smallest absolute Gasteiger partial charge is 0.251 e. The van der Waals surface area contributed by atoms with E-state index in [0.717, 1.165) is 43.6 Å². The molecule has 100 valence electrons. The van der Waals surface area contributed by atoms with Crippen LogP contribution in [0.15, 0.2) is 30.4 Å². The summed E-state index contributed by atoms with van der Waals surface area (Å²) in [5, 5.41) is 6.37. The topological polar surface area (TPSA) is 41.1 Å². The highest BCUT2D eigenvalue weighted by Crippen LogP contribution is 2.23. The van der Waals surface area contributed by atoms with Gasteiger partial charge in [-0.2, -0.15) is 0 Å². The number of allylic oxidation sites excluding steroid dienone is 2. The van der Waals surface area contributed by atoms with E-state index >= 15 is 0 Å². The van der Waals surface area contributed by atoms with Gasteiger partial charge in [-0.3, -0.25) is 4.79 Å². The fourth-order valence-corrected chi connectivity index (χ4v) is 2.81. The van der Waals surface area contributed by atoms with Gasteiger partial charge < -0.3 is 10.6 Å². The number of hydrogen-bond acceptors (Lipinski definition) is 2. The van der Waals surface area contributed by atoms with Crippen molar-refractivity contribution in [2.24, 2.45) is 5.92 Å². The minimum absolute atomic E-state index is 0.0473. The van der Waals surface area contributed by atoms with E-state index in [-0.39, 0.29) is 5.91 Å². The van der Waals surface area contributed by atoms with E-state index in [1.54, 1.807) is 0 Å². The van der Waals surface area contributed by atoms with E-state index in [9.17, 15) is 4.79 Å². The van der Waals surface area contributed by atoms with E-state index in [0.29, 0.717) is 5.92 Å². The summed E-state index contributed by atoms with van der Waals surface area (Å²) in [6, 6.07) is 5.97. The van der Waals surface area contributed by atoms with Gasteiger partial charge in [0.05, 0.1) is 0 Å². The number of anilines is 1. The molecule has 1 aliphatic carbocycles. The third-order valence-electron chi connectivity index (χ3n) is 4.01. The van der Waals surface area contributed by atoms with Crippen molar-refractivity contribution in [3.05, 3.63) is 41.5 Å². The average Bonchev–Trinajstić information content (AvgIpc) is 2.93. The number of nitrogens with one attached hydrogen (secondary N) is 2. The van der Waals surface area contributed by atoms with Crippen LogP contribution in [0, 0.1) is 5.92 Å². The fourth-order valence-electron chi connectivity index (χ4n) is 2.81. The molecule has 3 rings (SSSR count). The average molecular weight is 256 g/mol. The molecule has 1 aliphatic heterocycles. The molecule has 19 heavy (non-hydrogen) atoms. The highest BCUT2D eigenvalue weighted by Gasteiger charge is 2.15. The summed E-state index contributed by atoms with van der Waals surface area (Å²) in [5.41, 5.74) is 3.20. The second kappa shape index (κ2) is 5.47. The van der Waals surface area contributed by atoms with Gasteiger partial charge in [-0.1, -0.05) is 18.2 Å². The first kappa shape index (κ1) is 12.3. The molecule has 3 heteroatoms. The second-order valence-electron chi connectivity index (χ2n) is 5.41. The number of benzene rings is 1. The summed E-state index contributed by atoms with van der Waals surface area (Å²) < 4.78 is 0. The number of carbonyl (C=O) groups excluding carboxylic acids is 1. The first-order chi connectivity index (χ1) is 9.33. The normalized spacial score (nSPS) is 20.7. The molecule has 1 aromatic rings. The van der Waals surface area contributed by atoms with Crippen LogP contribution in [0.25, 0.3) is 0 Å². The molecule has 2 aliphatic rings. The maximum absolute atomic E-state index is 12.1. The van der Waals surface area contributed by atoms with Crippen LogP contribution in [0.3, 0.4) is 0 Å². The summed E-state index contributed by atoms with van der Waals surface area (Å²) in [6.07, 6.45) is 8.92. The zero-order valence-corrected chi connectivity index (χ0v) is 11.1. The lowest BCUT2D eigenvalue weighted by Gasteiger charge is -2.18. The molecule has 0 spiro atoms. The van der Waals surface area contributed by atoms with E-state index in [2.05, 4.69) is 28.9 Å². The Labute approximate surface area is 114 Å². The highest BCUT2D eigenvalue weighted by molar-refractivity contribution is 5.95.